The van der Waals surface area contributed by atoms with Gasteiger partial charge in [0.25, 0.3) is 0 Å². The van der Waals surface area contributed by atoms with Crippen LogP contribution in [0.25, 0.3) is 0 Å². The quantitative estimate of drug-likeness (QED) is 0.596. The molecule has 0 aromatic heterocycles. The van der Waals surface area contributed by atoms with Gasteiger partial charge in [0.1, 0.15) is 5.78 Å². The summed E-state index contributed by atoms with van der Waals surface area (Å²) >= 11 is 0. The lowest BCUT2D eigenvalue weighted by atomic mass is 9.83. The SMILES string of the molecule is CC(C)(N)C1COCCC1=O. The number of hydrogen-bond donors (Lipinski definition) is 1. The lowest BCUT2D eigenvalue weighted by Crippen LogP contribution is -2.49. The molecule has 0 bridgehead atoms. The van der Waals surface area contributed by atoms with Crippen molar-refractivity contribution in [3.63, 3.8) is 0 Å². The standard InChI is InChI=1S/C8H15NO2/c1-8(2,9)6-5-11-4-3-7(6)10/h6H,3-5,9H2,1-2H3. The van der Waals surface area contributed by atoms with Gasteiger partial charge in [-0.15, -0.1) is 0 Å². The van der Waals surface area contributed by atoms with Gasteiger partial charge in [-0.05, 0) is 13.8 Å². The number of carbonyl (C=O) groups is 1. The first-order chi connectivity index (χ1) is 5.02. The van der Waals surface area contributed by atoms with E-state index < -0.39 is 5.54 Å². The van der Waals surface area contributed by atoms with Crippen molar-refractivity contribution in [2.75, 3.05) is 13.2 Å². The molecular weight excluding hydrogens is 142 g/mol. The first-order valence-corrected chi connectivity index (χ1v) is 3.91. The van der Waals surface area contributed by atoms with Crippen LogP contribution in [0.3, 0.4) is 0 Å². The summed E-state index contributed by atoms with van der Waals surface area (Å²) in [6, 6.07) is 0. The summed E-state index contributed by atoms with van der Waals surface area (Å²) < 4.78 is 5.18. The van der Waals surface area contributed by atoms with Crippen molar-refractivity contribution in [2.45, 2.75) is 25.8 Å². The third-order valence-corrected chi connectivity index (χ3v) is 2.06. The van der Waals surface area contributed by atoms with Crippen LogP contribution in [0, 0.1) is 5.92 Å². The Bertz CT molecular complexity index is 160. The highest BCUT2D eigenvalue weighted by Crippen LogP contribution is 2.20. The second-order valence-corrected chi connectivity index (χ2v) is 3.67. The van der Waals surface area contributed by atoms with E-state index in [1.165, 1.54) is 0 Å². The molecule has 0 radical (unpaired) electrons. The van der Waals surface area contributed by atoms with Gasteiger partial charge < -0.3 is 10.5 Å². The zero-order valence-corrected chi connectivity index (χ0v) is 7.09. The van der Waals surface area contributed by atoms with E-state index in [9.17, 15) is 4.79 Å². The van der Waals surface area contributed by atoms with E-state index in [4.69, 9.17) is 10.5 Å². The van der Waals surface area contributed by atoms with Crippen LogP contribution in [0.4, 0.5) is 0 Å². The minimum absolute atomic E-state index is 0.115. The maximum atomic E-state index is 11.3. The van der Waals surface area contributed by atoms with Gasteiger partial charge in [-0.2, -0.15) is 0 Å². The highest BCUT2D eigenvalue weighted by Gasteiger charge is 2.33. The monoisotopic (exact) mass is 157 g/mol. The van der Waals surface area contributed by atoms with E-state index >= 15 is 0 Å². The molecular formula is C8H15NO2. The molecule has 11 heavy (non-hydrogen) atoms. The Morgan fingerprint density at radius 1 is 1.64 bits per heavy atom. The smallest absolute Gasteiger partial charge is 0.142 e. The van der Waals surface area contributed by atoms with E-state index in [1.807, 2.05) is 13.8 Å². The fraction of sp³-hybridized carbons (Fsp3) is 0.875. The van der Waals surface area contributed by atoms with Crippen molar-refractivity contribution < 1.29 is 9.53 Å². The number of Topliss-reactive ketones (excluding diaryl/α,β-unsaturated/α-hetero) is 1. The minimum atomic E-state index is -0.433. The molecule has 1 aliphatic heterocycles. The molecule has 64 valence electrons. The highest BCUT2D eigenvalue weighted by molar-refractivity contribution is 5.83. The Kier molecular flexibility index (Phi) is 2.30. The van der Waals surface area contributed by atoms with Gasteiger partial charge in [-0.3, -0.25) is 4.79 Å². The summed E-state index contributed by atoms with van der Waals surface area (Å²) in [5.41, 5.74) is 5.37. The van der Waals surface area contributed by atoms with Crippen LogP contribution in [0.15, 0.2) is 0 Å². The first kappa shape index (κ1) is 8.68. The second-order valence-electron chi connectivity index (χ2n) is 3.67. The Hall–Kier alpha value is -0.410. The fourth-order valence-corrected chi connectivity index (χ4v) is 1.27. The van der Waals surface area contributed by atoms with Crippen molar-refractivity contribution in [2.24, 2.45) is 11.7 Å². The van der Waals surface area contributed by atoms with Crippen molar-refractivity contribution in [1.82, 2.24) is 0 Å². The van der Waals surface area contributed by atoms with E-state index in [1.54, 1.807) is 0 Å². The predicted octanol–water partition coefficient (Wildman–Crippen LogP) is 0.329. The van der Waals surface area contributed by atoms with Crippen LogP contribution >= 0.6 is 0 Å². The molecule has 1 saturated heterocycles. The van der Waals surface area contributed by atoms with Gasteiger partial charge >= 0.3 is 0 Å². The topological polar surface area (TPSA) is 52.3 Å². The number of hydrogen-bond acceptors (Lipinski definition) is 3. The summed E-state index contributed by atoms with van der Waals surface area (Å²) in [4.78, 5) is 11.3. The van der Waals surface area contributed by atoms with Crippen LogP contribution < -0.4 is 5.73 Å². The fourth-order valence-electron chi connectivity index (χ4n) is 1.27. The second kappa shape index (κ2) is 2.91. The summed E-state index contributed by atoms with van der Waals surface area (Å²) in [6.07, 6.45) is 0.519. The number of ketones is 1. The van der Waals surface area contributed by atoms with Gasteiger partial charge in [-0.1, -0.05) is 0 Å². The van der Waals surface area contributed by atoms with Crippen LogP contribution in [0.5, 0.6) is 0 Å². The summed E-state index contributed by atoms with van der Waals surface area (Å²) in [7, 11) is 0. The average molecular weight is 157 g/mol. The molecule has 1 unspecified atom stereocenters. The molecule has 0 saturated carbocycles. The Labute approximate surface area is 66.9 Å². The van der Waals surface area contributed by atoms with Crippen molar-refractivity contribution in [3.05, 3.63) is 0 Å². The maximum Gasteiger partial charge on any atom is 0.142 e. The normalized spacial score (nSPS) is 27.2. The van der Waals surface area contributed by atoms with Gasteiger partial charge in [0.15, 0.2) is 0 Å². The zero-order chi connectivity index (χ0) is 8.48. The largest absolute Gasteiger partial charge is 0.380 e. The number of ether oxygens (including phenoxy) is 1. The Morgan fingerprint density at radius 2 is 2.27 bits per heavy atom. The molecule has 3 heteroatoms. The molecule has 1 aliphatic rings. The number of carbonyl (C=O) groups excluding carboxylic acids is 1. The molecule has 3 nitrogen and oxygen atoms in total. The third-order valence-electron chi connectivity index (χ3n) is 2.06. The van der Waals surface area contributed by atoms with Crippen LogP contribution in [-0.4, -0.2) is 24.5 Å². The molecule has 1 heterocycles. The Balaban J connectivity index is 2.62. The van der Waals surface area contributed by atoms with Gasteiger partial charge in [0.05, 0.1) is 19.1 Å². The van der Waals surface area contributed by atoms with Crippen LogP contribution in [0.2, 0.25) is 0 Å². The summed E-state index contributed by atoms with van der Waals surface area (Å²) in [6.45, 7) is 4.78. The van der Waals surface area contributed by atoms with Crippen LogP contribution in [0.1, 0.15) is 20.3 Å². The summed E-state index contributed by atoms with van der Waals surface area (Å²) in [5.74, 6) is 0.125. The maximum absolute atomic E-state index is 11.3. The zero-order valence-electron chi connectivity index (χ0n) is 7.09. The molecule has 2 N–H and O–H groups in total. The van der Waals surface area contributed by atoms with Crippen molar-refractivity contribution in [3.8, 4) is 0 Å². The van der Waals surface area contributed by atoms with Crippen molar-refractivity contribution in [1.29, 1.82) is 0 Å². The lowest BCUT2D eigenvalue weighted by molar-refractivity contribution is -0.133. The van der Waals surface area contributed by atoms with E-state index in [-0.39, 0.29) is 11.7 Å². The van der Waals surface area contributed by atoms with Crippen LogP contribution in [-0.2, 0) is 9.53 Å². The first-order valence-electron chi connectivity index (χ1n) is 3.91. The van der Waals surface area contributed by atoms with E-state index in [2.05, 4.69) is 0 Å². The van der Waals surface area contributed by atoms with E-state index in [0.717, 1.165) is 0 Å². The molecule has 0 aliphatic carbocycles. The molecule has 1 rings (SSSR count). The minimum Gasteiger partial charge on any atom is -0.380 e. The average Bonchev–Trinajstić information content (AvgIpc) is 1.86. The lowest BCUT2D eigenvalue weighted by Gasteiger charge is -2.31. The summed E-state index contributed by atoms with van der Waals surface area (Å²) in [5, 5.41) is 0. The van der Waals surface area contributed by atoms with E-state index in [0.29, 0.717) is 19.6 Å². The van der Waals surface area contributed by atoms with Gasteiger partial charge in [-0.25, -0.2) is 0 Å². The molecule has 1 atom stereocenters. The predicted molar refractivity (Wildman–Crippen MR) is 42.2 cm³/mol. The van der Waals surface area contributed by atoms with Gasteiger partial charge in [0.2, 0.25) is 0 Å². The molecule has 0 spiro atoms. The third kappa shape index (κ3) is 2.01. The highest BCUT2D eigenvalue weighted by atomic mass is 16.5. The molecule has 1 fully saturated rings. The molecule has 0 aromatic rings. The molecule has 0 amide bonds. The van der Waals surface area contributed by atoms with Crippen molar-refractivity contribution >= 4 is 5.78 Å². The Morgan fingerprint density at radius 3 is 2.64 bits per heavy atom. The number of nitrogens with two attached hydrogens (primary N) is 1. The van der Waals surface area contributed by atoms with Gasteiger partial charge in [0, 0.05) is 12.0 Å². The molecule has 0 aromatic carbocycles. The number of rotatable bonds is 1.